The van der Waals surface area contributed by atoms with E-state index in [2.05, 4.69) is 0 Å². The third-order valence-electron chi connectivity index (χ3n) is 1.54. The van der Waals surface area contributed by atoms with E-state index in [-0.39, 0.29) is 5.69 Å². The maximum Gasteiger partial charge on any atom is 0.269 e. The molecule has 72 valence electrons. The summed E-state index contributed by atoms with van der Waals surface area (Å²) in [6, 6.07) is 5.80. The first kappa shape index (κ1) is 9.91. The molecule has 0 aliphatic rings. The molecule has 0 aliphatic carbocycles. The average molecular weight is 192 g/mol. The Bertz CT molecular complexity index is 382. The van der Waals surface area contributed by atoms with Gasteiger partial charge in [-0.1, -0.05) is 0 Å². The minimum atomic E-state index is -0.552. The van der Waals surface area contributed by atoms with Crippen LogP contribution in [0.5, 0.6) is 0 Å². The van der Waals surface area contributed by atoms with Gasteiger partial charge in [0, 0.05) is 18.2 Å². The highest BCUT2D eigenvalue weighted by molar-refractivity contribution is 5.90. The van der Waals surface area contributed by atoms with Crippen molar-refractivity contribution in [2.24, 2.45) is 5.73 Å². The van der Waals surface area contributed by atoms with Crippen LogP contribution in [-0.4, -0.2) is 10.8 Å². The van der Waals surface area contributed by atoms with Gasteiger partial charge in [0.2, 0.25) is 5.91 Å². The number of nitrogens with two attached hydrogens (primary N) is 1. The molecule has 14 heavy (non-hydrogen) atoms. The van der Waals surface area contributed by atoms with Crippen molar-refractivity contribution in [1.82, 2.24) is 0 Å². The highest BCUT2D eigenvalue weighted by Crippen LogP contribution is 2.12. The lowest BCUT2D eigenvalue weighted by Gasteiger charge is -1.92. The normalized spacial score (nSPS) is 10.3. The molecule has 2 N–H and O–H groups in total. The molecule has 0 saturated carbocycles. The third-order valence-corrected chi connectivity index (χ3v) is 1.54. The molecule has 0 radical (unpaired) electrons. The van der Waals surface area contributed by atoms with Gasteiger partial charge in [-0.05, 0) is 23.8 Å². The Morgan fingerprint density at radius 1 is 1.36 bits per heavy atom. The van der Waals surface area contributed by atoms with Gasteiger partial charge < -0.3 is 5.73 Å². The molecule has 0 unspecified atom stereocenters. The van der Waals surface area contributed by atoms with E-state index >= 15 is 0 Å². The van der Waals surface area contributed by atoms with Crippen molar-refractivity contribution in [3.8, 4) is 0 Å². The van der Waals surface area contributed by atoms with Crippen LogP contribution < -0.4 is 5.73 Å². The molecule has 5 nitrogen and oxygen atoms in total. The van der Waals surface area contributed by atoms with Crippen LogP contribution in [0.1, 0.15) is 5.56 Å². The molecule has 0 atom stereocenters. The van der Waals surface area contributed by atoms with Crippen LogP contribution in [0, 0.1) is 10.1 Å². The second-order valence-corrected chi connectivity index (χ2v) is 2.58. The highest BCUT2D eigenvalue weighted by atomic mass is 16.6. The Balaban J connectivity index is 2.83. The van der Waals surface area contributed by atoms with Crippen molar-refractivity contribution in [2.45, 2.75) is 0 Å². The van der Waals surface area contributed by atoms with Crippen molar-refractivity contribution in [2.75, 3.05) is 0 Å². The van der Waals surface area contributed by atoms with Gasteiger partial charge in [0.15, 0.2) is 0 Å². The number of hydrogen-bond acceptors (Lipinski definition) is 3. The average Bonchev–Trinajstić information content (AvgIpc) is 2.15. The van der Waals surface area contributed by atoms with Gasteiger partial charge >= 0.3 is 0 Å². The molecule has 1 aromatic rings. The number of carbonyl (C=O) groups is 1. The first-order chi connectivity index (χ1) is 6.59. The molecule has 1 aromatic carbocycles. The Morgan fingerprint density at radius 3 is 2.36 bits per heavy atom. The number of rotatable bonds is 3. The second kappa shape index (κ2) is 4.18. The van der Waals surface area contributed by atoms with E-state index in [1.165, 1.54) is 36.4 Å². The number of benzene rings is 1. The Morgan fingerprint density at radius 2 is 1.93 bits per heavy atom. The lowest BCUT2D eigenvalue weighted by molar-refractivity contribution is -0.384. The first-order valence-corrected chi connectivity index (χ1v) is 3.81. The molecule has 0 fully saturated rings. The molecule has 0 spiro atoms. The van der Waals surface area contributed by atoms with Gasteiger partial charge in [-0.25, -0.2) is 0 Å². The van der Waals surface area contributed by atoms with Gasteiger partial charge in [0.25, 0.3) is 5.69 Å². The van der Waals surface area contributed by atoms with Crippen molar-refractivity contribution in [3.05, 3.63) is 46.0 Å². The van der Waals surface area contributed by atoms with Crippen LogP contribution in [0.25, 0.3) is 6.08 Å². The van der Waals surface area contributed by atoms with Gasteiger partial charge in [0.1, 0.15) is 0 Å². The Labute approximate surface area is 80.0 Å². The number of hydrogen-bond donors (Lipinski definition) is 1. The topological polar surface area (TPSA) is 86.2 Å². The van der Waals surface area contributed by atoms with Crippen LogP contribution in [-0.2, 0) is 4.79 Å². The molecule has 0 aromatic heterocycles. The van der Waals surface area contributed by atoms with Gasteiger partial charge in [-0.3, -0.25) is 14.9 Å². The zero-order valence-corrected chi connectivity index (χ0v) is 7.21. The number of carbonyl (C=O) groups excluding carboxylic acids is 1. The number of primary amides is 1. The maximum atomic E-state index is 10.4. The molecule has 1 amide bonds. The summed E-state index contributed by atoms with van der Waals surface area (Å²) in [5.41, 5.74) is 5.59. The van der Waals surface area contributed by atoms with E-state index in [9.17, 15) is 14.9 Å². The monoisotopic (exact) mass is 192 g/mol. The minimum absolute atomic E-state index is 0.0150. The lowest BCUT2D eigenvalue weighted by Crippen LogP contribution is -2.05. The smallest absolute Gasteiger partial charge is 0.269 e. The summed E-state index contributed by atoms with van der Waals surface area (Å²) in [6.07, 6.45) is 2.69. The number of nitrogens with zero attached hydrogens (tertiary/aromatic N) is 1. The number of non-ortho nitro benzene ring substituents is 1. The van der Waals surface area contributed by atoms with Gasteiger partial charge in [-0.15, -0.1) is 0 Å². The largest absolute Gasteiger partial charge is 0.366 e. The summed E-state index contributed by atoms with van der Waals surface area (Å²) in [5, 5.41) is 10.3. The fourth-order valence-corrected chi connectivity index (χ4v) is 0.886. The Kier molecular flexibility index (Phi) is 2.96. The summed E-state index contributed by atoms with van der Waals surface area (Å²) in [6.45, 7) is 0. The predicted octanol–water partition coefficient (Wildman–Crippen LogP) is 1.09. The van der Waals surface area contributed by atoms with Crippen molar-refractivity contribution >= 4 is 17.7 Å². The van der Waals surface area contributed by atoms with E-state index in [1.54, 1.807) is 0 Å². The molecule has 5 heteroatoms. The molecule has 0 aliphatic heterocycles. The third kappa shape index (κ3) is 2.71. The Hall–Kier alpha value is -2.17. The van der Waals surface area contributed by atoms with E-state index in [0.29, 0.717) is 5.56 Å². The van der Waals surface area contributed by atoms with Gasteiger partial charge in [-0.2, -0.15) is 0 Å². The predicted molar refractivity (Wildman–Crippen MR) is 51.3 cm³/mol. The van der Waals surface area contributed by atoms with Crippen LogP contribution in [0.4, 0.5) is 5.69 Å². The quantitative estimate of drug-likeness (QED) is 0.441. The molecule has 0 bridgehead atoms. The fourth-order valence-electron chi connectivity index (χ4n) is 0.886. The summed E-state index contributed by atoms with van der Waals surface area (Å²) in [7, 11) is 0. The second-order valence-electron chi connectivity index (χ2n) is 2.58. The van der Waals surface area contributed by atoms with Gasteiger partial charge in [0.05, 0.1) is 4.92 Å². The van der Waals surface area contributed by atoms with Crippen molar-refractivity contribution in [1.29, 1.82) is 0 Å². The summed E-state index contributed by atoms with van der Waals surface area (Å²) in [5.74, 6) is -0.552. The van der Waals surface area contributed by atoms with Crippen molar-refractivity contribution in [3.63, 3.8) is 0 Å². The van der Waals surface area contributed by atoms with Crippen LogP contribution >= 0.6 is 0 Å². The van der Waals surface area contributed by atoms with E-state index in [0.717, 1.165) is 0 Å². The lowest BCUT2D eigenvalue weighted by atomic mass is 10.2. The highest BCUT2D eigenvalue weighted by Gasteiger charge is 2.01. The number of nitro groups is 1. The summed E-state index contributed by atoms with van der Waals surface area (Å²) < 4.78 is 0. The van der Waals surface area contributed by atoms with E-state index in [1.807, 2.05) is 0 Å². The van der Waals surface area contributed by atoms with Crippen LogP contribution in [0.15, 0.2) is 30.3 Å². The molecule has 0 saturated heterocycles. The molecular weight excluding hydrogens is 184 g/mol. The first-order valence-electron chi connectivity index (χ1n) is 3.81. The molecule has 0 heterocycles. The van der Waals surface area contributed by atoms with Crippen LogP contribution in [0.3, 0.4) is 0 Å². The SMILES string of the molecule is NC(=O)/C=C\c1ccc([N+](=O)[O-])cc1. The van der Waals surface area contributed by atoms with E-state index in [4.69, 9.17) is 5.73 Å². The number of nitro benzene ring substituents is 1. The molecular formula is C9H8N2O3. The van der Waals surface area contributed by atoms with Crippen molar-refractivity contribution < 1.29 is 9.72 Å². The van der Waals surface area contributed by atoms with E-state index < -0.39 is 10.8 Å². The number of amides is 1. The zero-order valence-electron chi connectivity index (χ0n) is 7.21. The molecule has 1 rings (SSSR count). The van der Waals surface area contributed by atoms with Crippen LogP contribution in [0.2, 0.25) is 0 Å². The fraction of sp³-hybridized carbons (Fsp3) is 0. The minimum Gasteiger partial charge on any atom is -0.366 e. The summed E-state index contributed by atoms with van der Waals surface area (Å²) >= 11 is 0. The maximum absolute atomic E-state index is 10.4. The standard InChI is InChI=1S/C9H8N2O3/c10-9(12)6-3-7-1-4-8(5-2-7)11(13)14/h1-6H,(H2,10,12)/b6-3-. The summed E-state index contributed by atoms with van der Waals surface area (Å²) in [4.78, 5) is 20.2. The zero-order chi connectivity index (χ0) is 10.6.